The lowest BCUT2D eigenvalue weighted by molar-refractivity contribution is -0.144. The number of aryl methyl sites for hydroxylation is 8. The minimum atomic E-state index is -0.100. The Labute approximate surface area is 903 Å². The van der Waals surface area contributed by atoms with Crippen molar-refractivity contribution in [3.05, 3.63) is 96.1 Å². The molecule has 4 aromatic heterocycles. The molecule has 0 unspecified atom stereocenters. The van der Waals surface area contributed by atoms with E-state index in [1.165, 1.54) is 225 Å². The monoisotopic (exact) mass is 2140 g/mol. The number of benzene rings is 4. The number of ether oxygens (including phenoxy) is 4. The van der Waals surface area contributed by atoms with Gasteiger partial charge in [0, 0.05) is 202 Å². The van der Waals surface area contributed by atoms with Gasteiger partial charge in [-0.05, 0) is 124 Å². The molecule has 4 aromatic carbocycles. The van der Waals surface area contributed by atoms with Crippen molar-refractivity contribution in [3.63, 3.8) is 0 Å². The summed E-state index contributed by atoms with van der Waals surface area (Å²) in [4.78, 5) is 76.5. The maximum absolute atomic E-state index is 12.2. The Morgan fingerprint density at radius 2 is 0.385 bits per heavy atom. The highest BCUT2D eigenvalue weighted by Crippen LogP contribution is 2.30. The number of halogens is 8. The van der Waals surface area contributed by atoms with Crippen LogP contribution in [0.5, 0.6) is 0 Å². The zero-order valence-electron chi connectivity index (χ0n) is 89.6. The number of hydrogen-bond donors (Lipinski definition) is 0. The molecule has 0 saturated heterocycles. The lowest BCUT2D eigenvalue weighted by Gasteiger charge is -2.22. The van der Waals surface area contributed by atoms with Crippen molar-refractivity contribution in [2.24, 2.45) is 28.2 Å². The summed E-state index contributed by atoms with van der Waals surface area (Å²) < 4.78 is 30.2. The summed E-state index contributed by atoms with van der Waals surface area (Å²) in [5.74, 6) is 7.99. The fourth-order valence-electron chi connectivity index (χ4n) is 18.4. The van der Waals surface area contributed by atoms with Gasteiger partial charge in [0.15, 0.2) is 0 Å². The fraction of sp³-hybridized carbons (Fsp3) is 0.722. The van der Waals surface area contributed by atoms with E-state index in [1.54, 1.807) is 0 Å². The molecule has 8 rings (SSSR count). The molecule has 4 heterocycles. The molecule has 0 atom stereocenters. The SMILES string of the molecule is CCCCCCCCCCCCCCCOC(=O)CCCc1nc2cc(N(CCCl)CCCl)ccc2n1C.CCCCCCCCCCCCCCOC(=O)CCCc1nc2cc(N(CCCl)CCCl)ccc2n1C.CCCCCCCCCCCCOC(=O)CCCc1nc2cc(N(CCCl)CCCl)ccc2n1C.CCCCCCCCCCOC(=O)CCCc1nc2cc(N(CCCl)CCCl)ccc2n1C. The molecule has 0 amide bonds. The van der Waals surface area contributed by atoms with Gasteiger partial charge in [0.1, 0.15) is 23.3 Å². The van der Waals surface area contributed by atoms with Crippen molar-refractivity contribution in [2.75, 3.05) is 145 Å². The van der Waals surface area contributed by atoms with Crippen LogP contribution in [0.4, 0.5) is 22.7 Å². The van der Waals surface area contributed by atoms with Crippen LogP contribution in [0.15, 0.2) is 72.8 Å². The number of hydrogen-bond acceptors (Lipinski definition) is 16. The lowest BCUT2D eigenvalue weighted by atomic mass is 10.0. The van der Waals surface area contributed by atoms with E-state index in [-0.39, 0.29) is 23.9 Å². The molecule has 143 heavy (non-hydrogen) atoms. The molecule has 0 aliphatic heterocycles. The number of unbranched alkanes of at least 4 members (excludes halogenated alkanes) is 39. The van der Waals surface area contributed by atoms with E-state index in [0.29, 0.717) is 99.2 Å². The maximum atomic E-state index is 12.2. The van der Waals surface area contributed by atoms with Gasteiger partial charge < -0.3 is 56.8 Å². The first-order chi connectivity index (χ1) is 69.9. The second-order valence-electron chi connectivity index (χ2n) is 38.6. The summed E-state index contributed by atoms with van der Waals surface area (Å²) >= 11 is 47.6. The molecular weight excluding hydrogens is 1960 g/mol. The number of rotatable bonds is 83. The summed E-state index contributed by atoms with van der Waals surface area (Å²) in [6.45, 7) is 17.2. The van der Waals surface area contributed by atoms with Gasteiger partial charge in [-0.2, -0.15) is 0 Å². The first-order valence-electron chi connectivity index (χ1n) is 55.8. The Morgan fingerprint density at radius 3 is 0.538 bits per heavy atom. The molecule has 810 valence electrons. The predicted octanol–water partition coefficient (Wildman–Crippen LogP) is 31.7. The second kappa shape index (κ2) is 83.0. The number of nitrogens with zero attached hydrogens (tertiary/aromatic N) is 12. The maximum Gasteiger partial charge on any atom is 0.305 e. The third kappa shape index (κ3) is 53.9. The van der Waals surface area contributed by atoms with E-state index in [9.17, 15) is 19.2 Å². The summed E-state index contributed by atoms with van der Waals surface area (Å²) in [6.07, 6.45) is 63.3. The number of esters is 4. The van der Waals surface area contributed by atoms with Crippen LogP contribution in [0.3, 0.4) is 0 Å². The lowest BCUT2D eigenvalue weighted by Crippen LogP contribution is -2.27. The molecule has 0 bridgehead atoms. The fourth-order valence-corrected chi connectivity index (χ4v) is 20.0. The van der Waals surface area contributed by atoms with Crippen molar-refractivity contribution in [2.45, 2.75) is 381 Å². The van der Waals surface area contributed by atoms with Gasteiger partial charge in [0.25, 0.3) is 0 Å². The normalized spacial score (nSPS) is 11.3. The molecular formula is C115H186Cl8N12O8. The van der Waals surface area contributed by atoms with Crippen molar-refractivity contribution >= 4 is 184 Å². The van der Waals surface area contributed by atoms with Crippen molar-refractivity contribution < 1.29 is 38.1 Å². The van der Waals surface area contributed by atoms with Crippen LogP contribution < -0.4 is 19.6 Å². The minimum Gasteiger partial charge on any atom is -0.466 e. The number of imidazole rings is 4. The Bertz CT molecular complexity index is 4580. The zero-order chi connectivity index (χ0) is 103. The van der Waals surface area contributed by atoms with E-state index in [4.69, 9.17) is 132 Å². The summed E-state index contributed by atoms with van der Waals surface area (Å²) in [5.41, 5.74) is 12.5. The highest BCUT2D eigenvalue weighted by Gasteiger charge is 2.20. The summed E-state index contributed by atoms with van der Waals surface area (Å²) in [5, 5.41) is 0. The highest BCUT2D eigenvalue weighted by molar-refractivity contribution is 6.20. The molecule has 20 nitrogen and oxygen atoms in total. The van der Waals surface area contributed by atoms with Gasteiger partial charge in [0.2, 0.25) is 0 Å². The topological polar surface area (TPSA) is 189 Å². The smallest absolute Gasteiger partial charge is 0.305 e. The minimum absolute atomic E-state index is 0.0947. The number of carbonyl (C=O) groups excluding carboxylic acids is 4. The second-order valence-corrected chi connectivity index (χ2v) is 41.6. The Balaban J connectivity index is 0.000000336. The number of carbonyl (C=O) groups is 4. The van der Waals surface area contributed by atoms with Gasteiger partial charge in [-0.25, -0.2) is 19.9 Å². The molecule has 0 fully saturated rings. The quantitative estimate of drug-likeness (QED) is 0.0151. The van der Waals surface area contributed by atoms with Crippen molar-refractivity contribution in [3.8, 4) is 0 Å². The molecule has 28 heteroatoms. The standard InChI is InChI=1S/C31H51Cl2N3O2.C30H49Cl2N3O2.C28H45Cl2N3O2.C26H41Cl2N3O2/c1-3-4-5-6-7-8-9-10-11-12-13-14-15-25-38-31(37)18-16-17-30-34-28-26-27(19-20-29(28)35(30)2)36(23-21-32)24-22-33;1-3-4-5-6-7-8-9-10-11-12-13-14-24-37-30(36)17-15-16-29-33-27-25-26(18-19-28(27)34(29)2)35(22-20-31)23-21-32;1-3-4-5-6-7-8-9-10-11-12-22-35-28(34)15-13-14-27-31-25-23-24(16-17-26(25)32(27)2)33(20-18-29)21-19-30;1-3-4-5-6-7-8-9-10-20-33-26(32)13-11-12-25-29-23-21-22(14-15-24(23)30(25)2)31(18-16-27)19-17-28/h19-20,26H,3-18,21-25H2,1-2H3;18-19,25H,3-17,20-24H2,1-2H3;16-17,23H,3-15,18-22H2,1-2H3;14-15,21H,3-13,16-20H2,1-2H3. The van der Waals surface area contributed by atoms with Gasteiger partial charge in [-0.15, -0.1) is 92.8 Å². The first kappa shape index (κ1) is 128. The first-order valence-corrected chi connectivity index (χ1v) is 60.1. The van der Waals surface area contributed by atoms with Crippen LogP contribution in [0.25, 0.3) is 44.1 Å². The van der Waals surface area contributed by atoms with Crippen LogP contribution in [0.1, 0.15) is 378 Å². The van der Waals surface area contributed by atoms with Crippen LogP contribution in [0, 0.1) is 0 Å². The third-order valence-electron chi connectivity index (χ3n) is 27.0. The van der Waals surface area contributed by atoms with Crippen molar-refractivity contribution in [1.82, 2.24) is 38.2 Å². The number of anilines is 4. The van der Waals surface area contributed by atoms with E-state index >= 15 is 0 Å². The molecule has 0 saturated carbocycles. The Hall–Kier alpha value is -5.84. The third-order valence-corrected chi connectivity index (χ3v) is 28.4. The van der Waals surface area contributed by atoms with Crippen LogP contribution in [-0.2, 0) is 92.0 Å². The van der Waals surface area contributed by atoms with Gasteiger partial charge >= 0.3 is 23.9 Å². The number of aromatic nitrogens is 8. The largest absolute Gasteiger partial charge is 0.466 e. The predicted molar refractivity (Wildman–Crippen MR) is 614 cm³/mol. The molecule has 0 spiro atoms. The molecule has 0 radical (unpaired) electrons. The van der Waals surface area contributed by atoms with Crippen LogP contribution in [-0.4, -0.2) is 188 Å². The van der Waals surface area contributed by atoms with E-state index in [1.807, 2.05) is 28.2 Å². The molecule has 0 aliphatic rings. The Kier molecular flexibility index (Phi) is 74.0. The van der Waals surface area contributed by atoms with E-state index in [0.717, 1.165) is 245 Å². The molecule has 0 aliphatic carbocycles. The number of alkyl halides is 8. The Morgan fingerprint density at radius 1 is 0.231 bits per heavy atom. The van der Waals surface area contributed by atoms with E-state index < -0.39 is 0 Å². The van der Waals surface area contributed by atoms with Crippen LogP contribution in [0.2, 0.25) is 0 Å². The number of fused-ring (bicyclic) bond motifs is 4. The van der Waals surface area contributed by atoms with Gasteiger partial charge in [-0.1, -0.05) is 278 Å². The molecule has 8 aromatic rings. The highest BCUT2D eigenvalue weighted by atomic mass is 35.5. The van der Waals surface area contributed by atoms with Gasteiger partial charge in [0.05, 0.1) is 70.6 Å². The average molecular weight is 2150 g/mol. The van der Waals surface area contributed by atoms with Crippen LogP contribution >= 0.6 is 92.8 Å². The van der Waals surface area contributed by atoms with Crippen molar-refractivity contribution in [1.29, 1.82) is 0 Å². The molecule has 0 N–H and O–H groups in total. The average Bonchev–Trinajstić information content (AvgIpc) is 1.67. The zero-order valence-corrected chi connectivity index (χ0v) is 95.7. The summed E-state index contributed by atoms with van der Waals surface area (Å²) in [6, 6.07) is 25.2. The van der Waals surface area contributed by atoms with Gasteiger partial charge in [-0.3, -0.25) is 19.2 Å². The summed E-state index contributed by atoms with van der Waals surface area (Å²) in [7, 11) is 8.13. The van der Waals surface area contributed by atoms with E-state index in [2.05, 4.69) is 138 Å².